The van der Waals surface area contributed by atoms with Crippen molar-refractivity contribution in [2.45, 2.75) is 6.92 Å². The van der Waals surface area contributed by atoms with Gasteiger partial charge in [-0.2, -0.15) is 0 Å². The Bertz CT molecular complexity index is 734. The molecule has 3 rings (SSSR count). The van der Waals surface area contributed by atoms with Gasteiger partial charge in [0.25, 0.3) is 0 Å². The van der Waals surface area contributed by atoms with Crippen LogP contribution in [0.3, 0.4) is 0 Å². The number of rotatable bonds is 1. The van der Waals surface area contributed by atoms with Crippen LogP contribution in [0.25, 0.3) is 22.6 Å². The Morgan fingerprint density at radius 2 is 2.00 bits per heavy atom. The van der Waals surface area contributed by atoms with Gasteiger partial charge in [0.05, 0.1) is 5.56 Å². The van der Waals surface area contributed by atoms with Gasteiger partial charge in [-0.25, -0.2) is 4.98 Å². The average molecular weight is 259 g/mol. The van der Waals surface area contributed by atoms with Gasteiger partial charge >= 0.3 is 0 Å². The minimum atomic E-state index is 0.496. The summed E-state index contributed by atoms with van der Waals surface area (Å²) in [7, 11) is 0. The summed E-state index contributed by atoms with van der Waals surface area (Å²) >= 11 is 5.97. The molecule has 3 aromatic rings. The Morgan fingerprint density at radius 1 is 1.17 bits per heavy atom. The van der Waals surface area contributed by atoms with Gasteiger partial charge in [-0.05, 0) is 42.8 Å². The third-order valence-corrected chi connectivity index (χ3v) is 3.02. The highest BCUT2D eigenvalue weighted by Gasteiger charge is 2.11. The van der Waals surface area contributed by atoms with Crippen LogP contribution >= 0.6 is 11.6 Å². The maximum Gasteiger partial charge on any atom is 0.229 e. The normalized spacial score (nSPS) is 11.0. The molecule has 0 aliphatic carbocycles. The lowest BCUT2D eigenvalue weighted by molar-refractivity contribution is 0.620. The molecule has 4 heteroatoms. The maximum atomic E-state index is 5.97. The van der Waals surface area contributed by atoms with Crippen molar-refractivity contribution in [3.63, 3.8) is 0 Å². The summed E-state index contributed by atoms with van der Waals surface area (Å²) in [6, 6.07) is 11.1. The number of anilines is 1. The summed E-state index contributed by atoms with van der Waals surface area (Å²) in [6.07, 6.45) is 0. The van der Waals surface area contributed by atoms with Crippen molar-refractivity contribution in [1.82, 2.24) is 4.98 Å². The number of benzene rings is 2. The second-order valence-corrected chi connectivity index (χ2v) is 4.66. The number of aryl methyl sites for hydroxylation is 1. The van der Waals surface area contributed by atoms with E-state index in [1.807, 2.05) is 25.1 Å². The summed E-state index contributed by atoms with van der Waals surface area (Å²) in [4.78, 5) is 4.42. The number of nitrogen functional groups attached to an aromatic ring is 1. The summed E-state index contributed by atoms with van der Waals surface area (Å²) in [6.45, 7) is 2.01. The number of hydrogen-bond acceptors (Lipinski definition) is 3. The zero-order chi connectivity index (χ0) is 12.7. The Labute approximate surface area is 109 Å². The Balaban J connectivity index is 2.22. The topological polar surface area (TPSA) is 52.0 Å². The first-order chi connectivity index (χ1) is 8.63. The molecule has 0 fully saturated rings. The lowest BCUT2D eigenvalue weighted by Gasteiger charge is -2.00. The maximum absolute atomic E-state index is 5.97. The fourth-order valence-corrected chi connectivity index (χ4v) is 2.03. The summed E-state index contributed by atoms with van der Waals surface area (Å²) in [5, 5.41) is 0.609. The Morgan fingerprint density at radius 3 is 2.83 bits per heavy atom. The number of oxazole rings is 1. The monoisotopic (exact) mass is 258 g/mol. The number of nitrogens with zero attached hydrogens (tertiary/aromatic N) is 1. The number of halogens is 1. The molecule has 0 saturated heterocycles. The van der Waals surface area contributed by atoms with Gasteiger partial charge in [0, 0.05) is 10.7 Å². The second-order valence-electron chi connectivity index (χ2n) is 4.22. The van der Waals surface area contributed by atoms with Crippen LogP contribution in [0, 0.1) is 6.92 Å². The van der Waals surface area contributed by atoms with Crippen molar-refractivity contribution in [2.75, 3.05) is 5.73 Å². The van der Waals surface area contributed by atoms with Gasteiger partial charge in [0.2, 0.25) is 5.89 Å². The molecule has 1 heterocycles. The van der Waals surface area contributed by atoms with E-state index in [0.29, 0.717) is 16.6 Å². The Hall–Kier alpha value is -2.00. The molecule has 0 amide bonds. The van der Waals surface area contributed by atoms with Gasteiger partial charge in [-0.3, -0.25) is 0 Å². The number of nitrogens with two attached hydrogens (primary N) is 1. The molecule has 0 aliphatic heterocycles. The van der Waals surface area contributed by atoms with Crippen molar-refractivity contribution in [3.05, 3.63) is 47.0 Å². The van der Waals surface area contributed by atoms with Crippen LogP contribution in [-0.2, 0) is 0 Å². The predicted molar refractivity (Wildman–Crippen MR) is 73.6 cm³/mol. The molecule has 1 aromatic heterocycles. The highest BCUT2D eigenvalue weighted by Crippen LogP contribution is 2.30. The van der Waals surface area contributed by atoms with Crippen molar-refractivity contribution < 1.29 is 4.42 Å². The third kappa shape index (κ3) is 1.83. The molecule has 90 valence electrons. The molecule has 2 aromatic carbocycles. The van der Waals surface area contributed by atoms with Crippen LogP contribution < -0.4 is 5.73 Å². The van der Waals surface area contributed by atoms with E-state index in [4.69, 9.17) is 21.8 Å². The second kappa shape index (κ2) is 4.03. The molecule has 0 spiro atoms. The summed E-state index contributed by atoms with van der Waals surface area (Å²) in [5.74, 6) is 0.496. The molecule has 0 bridgehead atoms. The smallest absolute Gasteiger partial charge is 0.229 e. The standard InChI is InChI=1S/C14H11ClN2O/c1-8-2-5-12-13(6-8)18-14(17-12)10-7-9(15)3-4-11(10)16/h2-7H,16H2,1H3. The van der Waals surface area contributed by atoms with Crippen molar-refractivity contribution in [2.24, 2.45) is 0 Å². The first kappa shape index (κ1) is 11.1. The Kier molecular flexibility index (Phi) is 2.49. The van der Waals surface area contributed by atoms with E-state index in [1.165, 1.54) is 0 Å². The van der Waals surface area contributed by atoms with Crippen LogP contribution in [-0.4, -0.2) is 4.98 Å². The van der Waals surface area contributed by atoms with Gasteiger partial charge in [0.15, 0.2) is 5.58 Å². The first-order valence-electron chi connectivity index (χ1n) is 5.56. The van der Waals surface area contributed by atoms with Crippen molar-refractivity contribution in [3.8, 4) is 11.5 Å². The minimum Gasteiger partial charge on any atom is -0.436 e. The number of aromatic nitrogens is 1. The predicted octanol–water partition coefficient (Wildman–Crippen LogP) is 4.04. The van der Waals surface area contributed by atoms with Crippen LogP contribution in [0.2, 0.25) is 5.02 Å². The summed E-state index contributed by atoms with van der Waals surface area (Å²) < 4.78 is 5.72. The number of fused-ring (bicyclic) bond motifs is 1. The summed E-state index contributed by atoms with van der Waals surface area (Å²) in [5.41, 5.74) is 9.93. The highest BCUT2D eigenvalue weighted by molar-refractivity contribution is 6.31. The van der Waals surface area contributed by atoms with Crippen LogP contribution in [0.5, 0.6) is 0 Å². The fraction of sp³-hybridized carbons (Fsp3) is 0.0714. The molecule has 0 saturated carbocycles. The molecule has 3 nitrogen and oxygen atoms in total. The molecular weight excluding hydrogens is 248 g/mol. The zero-order valence-electron chi connectivity index (χ0n) is 9.77. The van der Waals surface area contributed by atoms with E-state index < -0.39 is 0 Å². The molecule has 2 N–H and O–H groups in total. The molecule has 0 aliphatic rings. The van der Waals surface area contributed by atoms with E-state index in [0.717, 1.165) is 22.2 Å². The van der Waals surface area contributed by atoms with Gasteiger partial charge < -0.3 is 10.2 Å². The van der Waals surface area contributed by atoms with Crippen molar-refractivity contribution >= 4 is 28.4 Å². The van der Waals surface area contributed by atoms with E-state index in [2.05, 4.69) is 4.98 Å². The third-order valence-electron chi connectivity index (χ3n) is 2.79. The van der Waals surface area contributed by atoms with E-state index in [9.17, 15) is 0 Å². The average Bonchev–Trinajstić information content (AvgIpc) is 2.74. The largest absolute Gasteiger partial charge is 0.436 e. The SMILES string of the molecule is Cc1ccc2nc(-c3cc(Cl)ccc3N)oc2c1. The molecule has 0 radical (unpaired) electrons. The van der Waals surface area contributed by atoms with E-state index >= 15 is 0 Å². The molecular formula is C14H11ClN2O. The minimum absolute atomic E-state index is 0.496. The van der Waals surface area contributed by atoms with Crippen molar-refractivity contribution in [1.29, 1.82) is 0 Å². The lowest BCUT2D eigenvalue weighted by atomic mass is 10.2. The van der Waals surface area contributed by atoms with Gasteiger partial charge in [-0.1, -0.05) is 17.7 Å². The van der Waals surface area contributed by atoms with E-state index in [-0.39, 0.29) is 0 Å². The zero-order valence-corrected chi connectivity index (χ0v) is 10.5. The fourth-order valence-electron chi connectivity index (χ4n) is 1.86. The molecule has 0 atom stereocenters. The van der Waals surface area contributed by atoms with Crippen LogP contribution in [0.4, 0.5) is 5.69 Å². The van der Waals surface area contributed by atoms with Crippen LogP contribution in [0.15, 0.2) is 40.8 Å². The van der Waals surface area contributed by atoms with Gasteiger partial charge in [-0.15, -0.1) is 0 Å². The van der Waals surface area contributed by atoms with Gasteiger partial charge in [0.1, 0.15) is 5.52 Å². The first-order valence-corrected chi connectivity index (χ1v) is 5.94. The van der Waals surface area contributed by atoms with Crippen LogP contribution in [0.1, 0.15) is 5.56 Å². The highest BCUT2D eigenvalue weighted by atomic mass is 35.5. The quantitative estimate of drug-likeness (QED) is 0.670. The van der Waals surface area contributed by atoms with E-state index in [1.54, 1.807) is 18.2 Å². The lowest BCUT2D eigenvalue weighted by Crippen LogP contribution is -1.89. The molecule has 0 unspecified atom stereocenters. The molecule has 18 heavy (non-hydrogen) atoms. The number of hydrogen-bond donors (Lipinski definition) is 1.